The lowest BCUT2D eigenvalue weighted by atomic mass is 10.1. The van der Waals surface area contributed by atoms with Gasteiger partial charge < -0.3 is 5.32 Å². The normalized spacial score (nSPS) is 12.2. The summed E-state index contributed by atoms with van der Waals surface area (Å²) in [6, 6.07) is 13.9. The van der Waals surface area contributed by atoms with E-state index in [4.69, 9.17) is 0 Å². The predicted octanol–water partition coefficient (Wildman–Crippen LogP) is 4.48. The van der Waals surface area contributed by atoms with Gasteiger partial charge in [0, 0.05) is 12.1 Å². The Hall–Kier alpha value is -3.06. The van der Waals surface area contributed by atoms with Crippen LogP contribution in [0.25, 0.3) is 5.69 Å². The average Bonchev–Trinajstić information content (AvgIpc) is 3.06. The Bertz CT molecular complexity index is 967. The first-order valence-electron chi connectivity index (χ1n) is 9.49. The number of carbonyl (C=O) groups excluding carboxylic acids is 1. The van der Waals surface area contributed by atoms with E-state index in [1.165, 1.54) is 24.3 Å². The lowest BCUT2D eigenvalue weighted by molar-refractivity contribution is -0.117. The van der Waals surface area contributed by atoms with Crippen molar-refractivity contribution in [1.29, 1.82) is 0 Å². The number of aromatic nitrogens is 2. The SMILES string of the molecule is CCN(CC(=O)Nc1cc(C)nn1-c1ccc(F)cc1)C(C)c1ccc(F)cc1. The number of nitrogens with zero attached hydrogens (tertiary/aromatic N) is 3. The standard InChI is InChI=1S/C22H24F2N4O/c1-4-27(16(3)17-5-7-18(23)8-6-17)14-22(29)25-21-13-15(2)26-28(21)20-11-9-19(24)10-12-20/h5-13,16H,4,14H2,1-3H3,(H,25,29). The van der Waals surface area contributed by atoms with E-state index in [-0.39, 0.29) is 30.1 Å². The predicted molar refractivity (Wildman–Crippen MR) is 109 cm³/mol. The van der Waals surface area contributed by atoms with Crippen molar-refractivity contribution in [3.63, 3.8) is 0 Å². The number of hydrogen-bond donors (Lipinski definition) is 1. The Balaban J connectivity index is 1.73. The van der Waals surface area contributed by atoms with E-state index in [9.17, 15) is 13.6 Å². The molecule has 1 heterocycles. The van der Waals surface area contributed by atoms with Gasteiger partial charge in [-0.1, -0.05) is 19.1 Å². The van der Waals surface area contributed by atoms with Gasteiger partial charge in [0.05, 0.1) is 17.9 Å². The summed E-state index contributed by atoms with van der Waals surface area (Å²) in [5.74, 6) is -0.295. The third-order valence-corrected chi connectivity index (χ3v) is 4.82. The Morgan fingerprint density at radius 1 is 1.10 bits per heavy atom. The van der Waals surface area contributed by atoms with E-state index in [0.29, 0.717) is 18.1 Å². The van der Waals surface area contributed by atoms with Crippen LogP contribution in [0.5, 0.6) is 0 Å². The maximum absolute atomic E-state index is 13.2. The second kappa shape index (κ2) is 8.96. The van der Waals surface area contributed by atoms with Crippen LogP contribution in [0.3, 0.4) is 0 Å². The van der Waals surface area contributed by atoms with Crippen LogP contribution in [0.15, 0.2) is 54.6 Å². The fourth-order valence-electron chi connectivity index (χ4n) is 3.21. The van der Waals surface area contributed by atoms with Crippen molar-refractivity contribution in [3.05, 3.63) is 77.5 Å². The fraction of sp³-hybridized carbons (Fsp3) is 0.273. The molecule has 0 bridgehead atoms. The molecule has 0 aliphatic rings. The lowest BCUT2D eigenvalue weighted by Crippen LogP contribution is -2.35. The van der Waals surface area contributed by atoms with Gasteiger partial charge in [0.1, 0.15) is 17.5 Å². The monoisotopic (exact) mass is 398 g/mol. The van der Waals surface area contributed by atoms with Crippen molar-refractivity contribution in [2.75, 3.05) is 18.4 Å². The summed E-state index contributed by atoms with van der Waals surface area (Å²) < 4.78 is 28.0. The molecular formula is C22H24F2N4O. The van der Waals surface area contributed by atoms with Crippen molar-refractivity contribution in [3.8, 4) is 5.69 Å². The summed E-state index contributed by atoms with van der Waals surface area (Å²) in [4.78, 5) is 14.7. The zero-order valence-electron chi connectivity index (χ0n) is 16.7. The third kappa shape index (κ3) is 5.06. The van der Waals surface area contributed by atoms with Crippen LogP contribution in [-0.2, 0) is 4.79 Å². The van der Waals surface area contributed by atoms with E-state index < -0.39 is 0 Å². The molecular weight excluding hydrogens is 374 g/mol. The van der Waals surface area contributed by atoms with Gasteiger partial charge in [-0.05, 0) is 62.4 Å². The first-order chi connectivity index (χ1) is 13.9. The molecule has 29 heavy (non-hydrogen) atoms. The van der Waals surface area contributed by atoms with Crippen LogP contribution in [0.2, 0.25) is 0 Å². The Kier molecular flexibility index (Phi) is 6.39. The molecule has 1 unspecified atom stereocenters. The molecule has 152 valence electrons. The molecule has 1 atom stereocenters. The number of carbonyl (C=O) groups is 1. The number of aryl methyl sites for hydroxylation is 1. The van der Waals surface area contributed by atoms with Crippen LogP contribution in [0.4, 0.5) is 14.6 Å². The summed E-state index contributed by atoms with van der Waals surface area (Å²) in [5, 5.41) is 7.28. The average molecular weight is 398 g/mol. The highest BCUT2D eigenvalue weighted by Gasteiger charge is 2.19. The van der Waals surface area contributed by atoms with Crippen molar-refractivity contribution in [2.45, 2.75) is 26.8 Å². The minimum atomic E-state index is -0.336. The van der Waals surface area contributed by atoms with E-state index in [2.05, 4.69) is 10.4 Å². The van der Waals surface area contributed by atoms with Crippen LogP contribution in [0, 0.1) is 18.6 Å². The Morgan fingerprint density at radius 3 is 2.28 bits per heavy atom. The Labute approximate surface area is 169 Å². The summed E-state index contributed by atoms with van der Waals surface area (Å²) >= 11 is 0. The van der Waals surface area contributed by atoms with E-state index in [1.807, 2.05) is 25.7 Å². The minimum absolute atomic E-state index is 0.0462. The summed E-state index contributed by atoms with van der Waals surface area (Å²) in [6.07, 6.45) is 0. The van der Waals surface area contributed by atoms with Gasteiger partial charge in [0.2, 0.25) is 5.91 Å². The number of likely N-dealkylation sites (N-methyl/N-ethyl adjacent to an activating group) is 1. The number of halogens is 2. The zero-order chi connectivity index (χ0) is 21.0. The molecule has 3 rings (SSSR count). The van der Waals surface area contributed by atoms with Gasteiger partial charge in [0.25, 0.3) is 0 Å². The molecule has 2 aromatic carbocycles. The molecule has 0 saturated heterocycles. The number of nitrogens with one attached hydrogen (secondary N) is 1. The van der Waals surface area contributed by atoms with Crippen LogP contribution in [-0.4, -0.2) is 33.7 Å². The smallest absolute Gasteiger partial charge is 0.239 e. The highest BCUT2D eigenvalue weighted by atomic mass is 19.1. The van der Waals surface area contributed by atoms with Gasteiger partial charge >= 0.3 is 0 Å². The number of hydrogen-bond acceptors (Lipinski definition) is 3. The zero-order valence-corrected chi connectivity index (χ0v) is 16.7. The van der Waals surface area contributed by atoms with E-state index in [1.54, 1.807) is 35.0 Å². The molecule has 0 radical (unpaired) electrons. The molecule has 1 N–H and O–H groups in total. The van der Waals surface area contributed by atoms with Crippen LogP contribution < -0.4 is 5.32 Å². The molecule has 0 spiro atoms. The molecule has 0 saturated carbocycles. The molecule has 5 nitrogen and oxygen atoms in total. The van der Waals surface area contributed by atoms with Crippen LogP contribution >= 0.6 is 0 Å². The van der Waals surface area contributed by atoms with Crippen molar-refractivity contribution in [2.24, 2.45) is 0 Å². The summed E-state index contributed by atoms with van der Waals surface area (Å²) in [5.41, 5.74) is 2.33. The maximum Gasteiger partial charge on any atom is 0.239 e. The van der Waals surface area contributed by atoms with Gasteiger partial charge in [-0.2, -0.15) is 5.10 Å². The fourth-order valence-corrected chi connectivity index (χ4v) is 3.21. The second-order valence-corrected chi connectivity index (χ2v) is 6.90. The highest BCUT2D eigenvalue weighted by Crippen LogP contribution is 2.21. The first-order valence-corrected chi connectivity index (χ1v) is 9.49. The first kappa shape index (κ1) is 20.7. The molecule has 1 amide bonds. The third-order valence-electron chi connectivity index (χ3n) is 4.82. The van der Waals surface area contributed by atoms with Gasteiger partial charge in [-0.15, -0.1) is 0 Å². The lowest BCUT2D eigenvalue weighted by Gasteiger charge is -2.27. The molecule has 0 fully saturated rings. The Morgan fingerprint density at radius 2 is 1.69 bits per heavy atom. The number of benzene rings is 2. The summed E-state index contributed by atoms with van der Waals surface area (Å²) in [7, 11) is 0. The molecule has 3 aromatic rings. The summed E-state index contributed by atoms with van der Waals surface area (Å²) in [6.45, 7) is 6.60. The molecule has 7 heteroatoms. The number of rotatable bonds is 7. The van der Waals surface area contributed by atoms with Gasteiger partial charge in [0.15, 0.2) is 0 Å². The van der Waals surface area contributed by atoms with Crippen molar-refractivity contribution >= 4 is 11.7 Å². The number of amides is 1. The van der Waals surface area contributed by atoms with E-state index >= 15 is 0 Å². The van der Waals surface area contributed by atoms with E-state index in [0.717, 1.165) is 11.3 Å². The largest absolute Gasteiger partial charge is 0.309 e. The topological polar surface area (TPSA) is 50.2 Å². The molecule has 0 aliphatic heterocycles. The number of anilines is 1. The molecule has 0 aliphatic carbocycles. The highest BCUT2D eigenvalue weighted by molar-refractivity contribution is 5.91. The van der Waals surface area contributed by atoms with Crippen LogP contribution in [0.1, 0.15) is 31.1 Å². The maximum atomic E-state index is 13.2. The van der Waals surface area contributed by atoms with Crippen molar-refractivity contribution in [1.82, 2.24) is 14.7 Å². The van der Waals surface area contributed by atoms with Crippen molar-refractivity contribution < 1.29 is 13.6 Å². The quantitative estimate of drug-likeness (QED) is 0.638. The minimum Gasteiger partial charge on any atom is -0.309 e. The second-order valence-electron chi connectivity index (χ2n) is 6.90. The molecule has 1 aromatic heterocycles. The van der Waals surface area contributed by atoms with Gasteiger partial charge in [-0.3, -0.25) is 9.69 Å². The van der Waals surface area contributed by atoms with Gasteiger partial charge in [-0.25, -0.2) is 13.5 Å².